The topological polar surface area (TPSA) is 84.9 Å². The molecule has 0 fully saturated rings. The summed E-state index contributed by atoms with van der Waals surface area (Å²) >= 11 is 0. The van der Waals surface area contributed by atoms with E-state index < -0.39 is 5.91 Å². The molecule has 33 heavy (non-hydrogen) atoms. The summed E-state index contributed by atoms with van der Waals surface area (Å²) in [5.74, 6) is -0.129. The van der Waals surface area contributed by atoms with Gasteiger partial charge < -0.3 is 14.8 Å². The van der Waals surface area contributed by atoms with Gasteiger partial charge in [-0.3, -0.25) is 19.3 Å². The Kier molecular flexibility index (Phi) is 6.22. The van der Waals surface area contributed by atoms with Gasteiger partial charge in [0, 0.05) is 11.8 Å². The molecule has 0 saturated heterocycles. The number of hydrogen-bond acceptors (Lipinski definition) is 5. The van der Waals surface area contributed by atoms with Crippen LogP contribution in [-0.2, 0) is 6.54 Å². The zero-order valence-corrected chi connectivity index (χ0v) is 18.0. The first-order valence-corrected chi connectivity index (χ1v) is 10.3. The molecule has 0 atom stereocenters. The molecule has 1 N–H and O–H groups in total. The molecule has 3 amide bonds. The number of rotatable bonds is 8. The molecule has 1 aliphatic heterocycles. The molecule has 0 spiro atoms. The molecule has 7 heteroatoms. The van der Waals surface area contributed by atoms with Gasteiger partial charge in [-0.1, -0.05) is 36.9 Å². The SMILES string of the molecule is C=CCOc1cccc(NC(=O)c2cc(CN3C(=O)c4ccccc4C3=O)ccc2OC)c1. The van der Waals surface area contributed by atoms with E-state index in [1.165, 1.54) is 12.0 Å². The number of methoxy groups -OCH3 is 1. The highest BCUT2D eigenvalue weighted by Crippen LogP contribution is 2.27. The van der Waals surface area contributed by atoms with Crippen LogP contribution < -0.4 is 14.8 Å². The van der Waals surface area contributed by atoms with E-state index >= 15 is 0 Å². The summed E-state index contributed by atoms with van der Waals surface area (Å²) < 4.78 is 10.9. The van der Waals surface area contributed by atoms with Gasteiger partial charge in [-0.15, -0.1) is 0 Å². The maximum atomic E-state index is 13.0. The number of ether oxygens (including phenoxy) is 2. The molecule has 0 aromatic heterocycles. The first kappa shape index (κ1) is 21.8. The van der Waals surface area contributed by atoms with Crippen LogP contribution in [0.4, 0.5) is 5.69 Å². The summed E-state index contributed by atoms with van der Waals surface area (Å²) in [5, 5.41) is 2.83. The fourth-order valence-corrected chi connectivity index (χ4v) is 3.61. The smallest absolute Gasteiger partial charge is 0.261 e. The van der Waals surface area contributed by atoms with Gasteiger partial charge in [-0.2, -0.15) is 0 Å². The lowest BCUT2D eigenvalue weighted by molar-refractivity contribution is 0.0642. The summed E-state index contributed by atoms with van der Waals surface area (Å²) in [6.45, 7) is 4.01. The summed E-state index contributed by atoms with van der Waals surface area (Å²) in [6, 6.07) is 18.7. The second-order valence-electron chi connectivity index (χ2n) is 7.36. The van der Waals surface area contributed by atoms with E-state index in [9.17, 15) is 14.4 Å². The molecule has 3 aromatic carbocycles. The average Bonchev–Trinajstić information content (AvgIpc) is 3.08. The number of nitrogens with zero attached hydrogens (tertiary/aromatic N) is 1. The zero-order chi connectivity index (χ0) is 23.4. The van der Waals surface area contributed by atoms with Gasteiger partial charge >= 0.3 is 0 Å². The molecule has 0 bridgehead atoms. The van der Waals surface area contributed by atoms with Gasteiger partial charge in [-0.05, 0) is 42.0 Å². The van der Waals surface area contributed by atoms with Crippen molar-refractivity contribution in [3.8, 4) is 11.5 Å². The molecular formula is C26H22N2O5. The average molecular weight is 442 g/mol. The monoisotopic (exact) mass is 442 g/mol. The maximum Gasteiger partial charge on any atom is 0.261 e. The summed E-state index contributed by atoms with van der Waals surface area (Å²) in [7, 11) is 1.47. The van der Waals surface area contributed by atoms with Crippen LogP contribution in [0.3, 0.4) is 0 Å². The lowest BCUT2D eigenvalue weighted by Gasteiger charge is -2.16. The molecule has 166 valence electrons. The quantitative estimate of drug-likeness (QED) is 0.415. The minimum atomic E-state index is -0.392. The Balaban J connectivity index is 1.55. The van der Waals surface area contributed by atoms with E-state index in [4.69, 9.17) is 9.47 Å². The van der Waals surface area contributed by atoms with Gasteiger partial charge in [0.25, 0.3) is 17.7 Å². The van der Waals surface area contributed by atoms with Crippen molar-refractivity contribution in [1.82, 2.24) is 4.90 Å². The Morgan fingerprint density at radius 2 is 1.73 bits per heavy atom. The van der Waals surface area contributed by atoms with Crippen LogP contribution in [-0.4, -0.2) is 36.3 Å². The molecule has 1 heterocycles. The van der Waals surface area contributed by atoms with Crippen molar-refractivity contribution >= 4 is 23.4 Å². The molecule has 1 aliphatic rings. The maximum absolute atomic E-state index is 13.0. The third kappa shape index (κ3) is 4.48. The first-order valence-electron chi connectivity index (χ1n) is 10.3. The highest BCUT2D eigenvalue weighted by molar-refractivity contribution is 6.21. The molecule has 0 unspecified atom stereocenters. The van der Waals surface area contributed by atoms with E-state index in [2.05, 4.69) is 11.9 Å². The number of carbonyl (C=O) groups excluding carboxylic acids is 3. The van der Waals surface area contributed by atoms with Gasteiger partial charge in [0.2, 0.25) is 0 Å². The molecular weight excluding hydrogens is 420 g/mol. The van der Waals surface area contributed by atoms with E-state index in [0.29, 0.717) is 40.5 Å². The standard InChI is InChI=1S/C26H22N2O5/c1-3-13-33-19-8-6-7-18(15-19)27-24(29)22-14-17(11-12-23(22)32-2)16-28-25(30)20-9-4-5-10-21(20)26(28)31/h3-12,14-15H,1,13,16H2,2H3,(H,27,29). The van der Waals surface area contributed by atoms with Crippen LogP contribution >= 0.6 is 0 Å². The fraction of sp³-hybridized carbons (Fsp3) is 0.115. The van der Waals surface area contributed by atoms with Gasteiger partial charge in [0.15, 0.2) is 0 Å². The Bertz CT molecular complexity index is 1220. The van der Waals surface area contributed by atoms with Crippen LogP contribution in [0.25, 0.3) is 0 Å². The number of carbonyl (C=O) groups is 3. The zero-order valence-electron chi connectivity index (χ0n) is 18.0. The number of nitrogens with one attached hydrogen (secondary N) is 1. The van der Waals surface area contributed by atoms with Crippen molar-refractivity contribution in [3.05, 3.63) is 102 Å². The second-order valence-corrected chi connectivity index (χ2v) is 7.36. The predicted molar refractivity (Wildman–Crippen MR) is 124 cm³/mol. The van der Waals surface area contributed by atoms with Crippen LogP contribution in [0.2, 0.25) is 0 Å². The first-order chi connectivity index (χ1) is 16.0. The summed E-state index contributed by atoms with van der Waals surface area (Å²) in [5.41, 5.74) is 2.22. The minimum absolute atomic E-state index is 0.0432. The Hall–Kier alpha value is -4.39. The van der Waals surface area contributed by atoms with Gasteiger partial charge in [0.1, 0.15) is 18.1 Å². The van der Waals surface area contributed by atoms with Gasteiger partial charge in [0.05, 0.1) is 30.3 Å². The third-order valence-corrected chi connectivity index (χ3v) is 5.19. The van der Waals surface area contributed by atoms with Crippen LogP contribution in [0.1, 0.15) is 36.6 Å². The van der Waals surface area contributed by atoms with E-state index in [0.717, 1.165) is 0 Å². The Labute approximate surface area is 191 Å². The number of anilines is 1. The van der Waals surface area contributed by atoms with Crippen molar-refractivity contribution in [3.63, 3.8) is 0 Å². The van der Waals surface area contributed by atoms with E-state index in [1.54, 1.807) is 72.8 Å². The summed E-state index contributed by atoms with van der Waals surface area (Å²) in [4.78, 5) is 39.6. The molecule has 0 aliphatic carbocycles. The number of amides is 3. The van der Waals surface area contributed by atoms with Crippen molar-refractivity contribution in [1.29, 1.82) is 0 Å². The minimum Gasteiger partial charge on any atom is -0.496 e. The molecule has 3 aromatic rings. The van der Waals surface area contributed by atoms with E-state index in [-0.39, 0.29) is 23.9 Å². The number of fused-ring (bicyclic) bond motifs is 1. The Morgan fingerprint density at radius 1 is 1.00 bits per heavy atom. The predicted octanol–water partition coefficient (Wildman–Crippen LogP) is 4.31. The normalized spacial score (nSPS) is 12.3. The molecule has 0 saturated carbocycles. The number of hydrogen-bond donors (Lipinski definition) is 1. The van der Waals surface area contributed by atoms with Crippen molar-refractivity contribution < 1.29 is 23.9 Å². The Morgan fingerprint density at radius 3 is 2.39 bits per heavy atom. The van der Waals surface area contributed by atoms with E-state index in [1.807, 2.05) is 0 Å². The van der Waals surface area contributed by atoms with Crippen LogP contribution in [0.15, 0.2) is 79.4 Å². The summed E-state index contributed by atoms with van der Waals surface area (Å²) in [6.07, 6.45) is 1.63. The van der Waals surface area contributed by atoms with Crippen LogP contribution in [0, 0.1) is 0 Å². The molecule has 7 nitrogen and oxygen atoms in total. The van der Waals surface area contributed by atoms with Crippen molar-refractivity contribution in [2.75, 3.05) is 19.0 Å². The highest BCUT2D eigenvalue weighted by Gasteiger charge is 2.35. The molecule has 4 rings (SSSR count). The molecule has 0 radical (unpaired) electrons. The van der Waals surface area contributed by atoms with Crippen LogP contribution in [0.5, 0.6) is 11.5 Å². The number of benzene rings is 3. The van der Waals surface area contributed by atoms with Crippen molar-refractivity contribution in [2.45, 2.75) is 6.54 Å². The van der Waals surface area contributed by atoms with Gasteiger partial charge in [-0.25, -0.2) is 0 Å². The third-order valence-electron chi connectivity index (χ3n) is 5.19. The lowest BCUT2D eigenvalue weighted by Crippen LogP contribution is -2.29. The second kappa shape index (κ2) is 9.40. The highest BCUT2D eigenvalue weighted by atomic mass is 16.5. The lowest BCUT2D eigenvalue weighted by atomic mass is 10.1. The number of imide groups is 1. The largest absolute Gasteiger partial charge is 0.496 e. The fourth-order valence-electron chi connectivity index (χ4n) is 3.61. The van der Waals surface area contributed by atoms with Crippen molar-refractivity contribution in [2.24, 2.45) is 0 Å².